The quantitative estimate of drug-likeness (QED) is 0.300. The van der Waals surface area contributed by atoms with Gasteiger partial charge in [-0.2, -0.15) is 0 Å². The third-order valence-electron chi connectivity index (χ3n) is 5.41. The van der Waals surface area contributed by atoms with Crippen molar-refractivity contribution in [3.63, 3.8) is 0 Å². The Labute approximate surface area is 165 Å². The number of ether oxygens (including phenoxy) is 2. The number of hydrogen-bond donors (Lipinski definition) is 2. The highest BCUT2D eigenvalue weighted by Crippen LogP contribution is 2.11. The van der Waals surface area contributed by atoms with Crippen LogP contribution in [0.15, 0.2) is 4.99 Å². The third-order valence-corrected chi connectivity index (χ3v) is 5.41. The van der Waals surface area contributed by atoms with Gasteiger partial charge in [0, 0.05) is 59.5 Å². The topological polar surface area (TPSA) is 61.4 Å². The van der Waals surface area contributed by atoms with Crippen molar-refractivity contribution in [2.45, 2.75) is 45.1 Å². The van der Waals surface area contributed by atoms with E-state index < -0.39 is 0 Å². The van der Waals surface area contributed by atoms with Crippen LogP contribution in [0, 0.1) is 0 Å². The van der Waals surface area contributed by atoms with E-state index in [1.165, 1.54) is 58.5 Å². The standard InChI is InChI=1S/C20H41N5O2/c1-3-24-12-14-25(15-13-24)11-5-4-9-22-20(21-2)23-10-7-16-26-18-19-8-6-17-27-19/h19H,3-18H2,1-2H3,(H2,21,22,23). The van der Waals surface area contributed by atoms with Gasteiger partial charge in [-0.15, -0.1) is 0 Å². The first-order valence-electron chi connectivity index (χ1n) is 10.9. The van der Waals surface area contributed by atoms with Crippen molar-refractivity contribution < 1.29 is 9.47 Å². The van der Waals surface area contributed by atoms with Gasteiger partial charge in [0.2, 0.25) is 0 Å². The Balaban J connectivity index is 1.39. The minimum absolute atomic E-state index is 0.322. The van der Waals surface area contributed by atoms with Gasteiger partial charge in [0.25, 0.3) is 0 Å². The zero-order chi connectivity index (χ0) is 19.2. The molecule has 0 aromatic rings. The number of unbranched alkanes of at least 4 members (excludes halogenated alkanes) is 1. The average molecular weight is 384 g/mol. The maximum Gasteiger partial charge on any atom is 0.190 e. The van der Waals surface area contributed by atoms with Crippen molar-refractivity contribution in [3.8, 4) is 0 Å². The number of piperazine rings is 1. The SMILES string of the molecule is CCN1CCN(CCCCNC(=NC)NCCCOCC2CCCO2)CC1. The molecule has 0 radical (unpaired) electrons. The average Bonchev–Trinajstić information content (AvgIpc) is 3.22. The molecular formula is C20H41N5O2. The Morgan fingerprint density at radius 2 is 1.81 bits per heavy atom. The minimum Gasteiger partial charge on any atom is -0.379 e. The molecule has 2 saturated heterocycles. The highest BCUT2D eigenvalue weighted by atomic mass is 16.5. The smallest absolute Gasteiger partial charge is 0.190 e. The van der Waals surface area contributed by atoms with Gasteiger partial charge in [-0.25, -0.2) is 0 Å². The summed E-state index contributed by atoms with van der Waals surface area (Å²) in [5.74, 6) is 0.894. The van der Waals surface area contributed by atoms with Crippen LogP contribution in [-0.2, 0) is 9.47 Å². The summed E-state index contributed by atoms with van der Waals surface area (Å²) in [6, 6.07) is 0. The molecule has 2 aliphatic heterocycles. The number of nitrogens with zero attached hydrogens (tertiary/aromatic N) is 3. The normalized spacial score (nSPS) is 22.3. The van der Waals surface area contributed by atoms with Crippen molar-refractivity contribution in [2.75, 3.05) is 79.2 Å². The highest BCUT2D eigenvalue weighted by Gasteiger charge is 2.15. The fourth-order valence-electron chi connectivity index (χ4n) is 3.59. The summed E-state index contributed by atoms with van der Waals surface area (Å²) in [5.41, 5.74) is 0. The Bertz CT molecular complexity index is 394. The summed E-state index contributed by atoms with van der Waals surface area (Å²) in [6.45, 7) is 13.8. The Morgan fingerprint density at radius 1 is 1.07 bits per heavy atom. The lowest BCUT2D eigenvalue weighted by Crippen LogP contribution is -2.46. The Hall–Kier alpha value is -0.890. The minimum atomic E-state index is 0.322. The van der Waals surface area contributed by atoms with E-state index in [1.807, 2.05) is 7.05 Å². The molecule has 0 saturated carbocycles. The molecule has 0 aromatic heterocycles. The maximum atomic E-state index is 5.68. The second-order valence-electron chi connectivity index (χ2n) is 7.47. The molecule has 2 N–H and O–H groups in total. The fraction of sp³-hybridized carbons (Fsp3) is 0.950. The molecule has 2 rings (SSSR count). The number of likely N-dealkylation sites (N-methyl/N-ethyl adjacent to an activating group) is 1. The van der Waals surface area contributed by atoms with Gasteiger partial charge in [0.05, 0.1) is 12.7 Å². The van der Waals surface area contributed by atoms with Crippen LogP contribution >= 0.6 is 0 Å². The van der Waals surface area contributed by atoms with Crippen LogP contribution in [0.3, 0.4) is 0 Å². The van der Waals surface area contributed by atoms with Crippen molar-refractivity contribution in [2.24, 2.45) is 4.99 Å². The first-order valence-corrected chi connectivity index (χ1v) is 10.9. The van der Waals surface area contributed by atoms with Gasteiger partial charge in [-0.1, -0.05) is 6.92 Å². The summed E-state index contributed by atoms with van der Waals surface area (Å²) >= 11 is 0. The first kappa shape index (κ1) is 22.4. The highest BCUT2D eigenvalue weighted by molar-refractivity contribution is 5.79. The molecule has 1 unspecified atom stereocenters. The van der Waals surface area contributed by atoms with Gasteiger partial charge in [0.1, 0.15) is 0 Å². The molecule has 0 amide bonds. The van der Waals surface area contributed by atoms with E-state index in [0.717, 1.165) is 51.7 Å². The van der Waals surface area contributed by atoms with Crippen LogP contribution < -0.4 is 10.6 Å². The van der Waals surface area contributed by atoms with Crippen LogP contribution in [0.5, 0.6) is 0 Å². The first-order chi connectivity index (χ1) is 13.3. The summed E-state index contributed by atoms with van der Waals surface area (Å²) < 4.78 is 11.2. The predicted molar refractivity (Wildman–Crippen MR) is 112 cm³/mol. The maximum absolute atomic E-state index is 5.68. The van der Waals surface area contributed by atoms with E-state index >= 15 is 0 Å². The fourth-order valence-corrected chi connectivity index (χ4v) is 3.59. The van der Waals surface area contributed by atoms with Crippen LogP contribution in [0.4, 0.5) is 0 Å². The summed E-state index contributed by atoms with van der Waals surface area (Å²) in [4.78, 5) is 9.41. The van der Waals surface area contributed by atoms with Crippen LogP contribution in [0.25, 0.3) is 0 Å². The Kier molecular flexibility index (Phi) is 11.7. The molecule has 0 spiro atoms. The monoisotopic (exact) mass is 383 g/mol. The van der Waals surface area contributed by atoms with E-state index in [1.54, 1.807) is 0 Å². The van der Waals surface area contributed by atoms with Gasteiger partial charge in [0.15, 0.2) is 5.96 Å². The van der Waals surface area contributed by atoms with E-state index in [0.29, 0.717) is 6.10 Å². The van der Waals surface area contributed by atoms with Crippen molar-refractivity contribution in [1.82, 2.24) is 20.4 Å². The zero-order valence-corrected chi connectivity index (χ0v) is 17.5. The third kappa shape index (κ3) is 9.74. The largest absolute Gasteiger partial charge is 0.379 e. The van der Waals surface area contributed by atoms with E-state index in [2.05, 4.69) is 32.3 Å². The van der Waals surface area contributed by atoms with E-state index in [9.17, 15) is 0 Å². The van der Waals surface area contributed by atoms with E-state index in [4.69, 9.17) is 9.47 Å². The molecule has 0 aliphatic carbocycles. The van der Waals surface area contributed by atoms with Gasteiger partial charge in [-0.05, 0) is 45.2 Å². The van der Waals surface area contributed by atoms with Crippen LogP contribution in [-0.4, -0.2) is 101 Å². The molecule has 158 valence electrons. The number of nitrogens with one attached hydrogen (secondary N) is 2. The summed E-state index contributed by atoms with van der Waals surface area (Å²) in [5, 5.41) is 6.77. The molecule has 0 aromatic carbocycles. The molecule has 27 heavy (non-hydrogen) atoms. The van der Waals surface area contributed by atoms with Crippen LogP contribution in [0.1, 0.15) is 39.0 Å². The second-order valence-corrected chi connectivity index (χ2v) is 7.47. The molecule has 2 heterocycles. The zero-order valence-electron chi connectivity index (χ0n) is 17.5. The molecule has 0 bridgehead atoms. The van der Waals surface area contributed by atoms with Crippen molar-refractivity contribution in [1.29, 1.82) is 0 Å². The van der Waals surface area contributed by atoms with Crippen molar-refractivity contribution >= 4 is 5.96 Å². The molecule has 2 aliphatic rings. The number of hydrogen-bond acceptors (Lipinski definition) is 5. The molecule has 2 fully saturated rings. The summed E-state index contributed by atoms with van der Waals surface area (Å²) in [6.07, 6.45) is 6.04. The lowest BCUT2D eigenvalue weighted by atomic mass is 10.2. The molecule has 1 atom stereocenters. The Morgan fingerprint density at radius 3 is 2.48 bits per heavy atom. The number of rotatable bonds is 12. The molecule has 7 nitrogen and oxygen atoms in total. The van der Waals surface area contributed by atoms with Crippen LogP contribution in [0.2, 0.25) is 0 Å². The van der Waals surface area contributed by atoms with Gasteiger partial charge in [-0.3, -0.25) is 4.99 Å². The van der Waals surface area contributed by atoms with E-state index in [-0.39, 0.29) is 0 Å². The van der Waals surface area contributed by atoms with Gasteiger partial charge >= 0.3 is 0 Å². The number of guanidine groups is 1. The lowest BCUT2D eigenvalue weighted by Gasteiger charge is -2.34. The molecule has 7 heteroatoms. The van der Waals surface area contributed by atoms with Crippen molar-refractivity contribution in [3.05, 3.63) is 0 Å². The predicted octanol–water partition coefficient (Wildman–Crippen LogP) is 1.15. The lowest BCUT2D eigenvalue weighted by molar-refractivity contribution is 0.0168. The molecular weight excluding hydrogens is 342 g/mol. The number of aliphatic imine (C=N–C) groups is 1. The summed E-state index contributed by atoms with van der Waals surface area (Å²) in [7, 11) is 1.83. The van der Waals surface area contributed by atoms with Gasteiger partial charge < -0.3 is 29.9 Å². The second kappa shape index (κ2) is 14.2.